The lowest BCUT2D eigenvalue weighted by Crippen LogP contribution is -2.33. The number of hydrogen-bond acceptors (Lipinski definition) is 7. The van der Waals surface area contributed by atoms with Crippen molar-refractivity contribution < 1.29 is 19.1 Å². The van der Waals surface area contributed by atoms with Gasteiger partial charge in [0.05, 0.1) is 23.3 Å². The fraction of sp³-hybridized carbons (Fsp3) is 0.172. The quantitative estimate of drug-likeness (QED) is 0.257. The van der Waals surface area contributed by atoms with E-state index < -0.39 is 17.2 Å². The number of carboxylic acid groups (broad SMARTS) is 1. The maximum absolute atomic E-state index is 14.4. The van der Waals surface area contributed by atoms with Crippen LogP contribution in [0.2, 0.25) is 5.02 Å². The molecule has 0 fully saturated rings. The first-order valence-corrected chi connectivity index (χ1v) is 13.1. The van der Waals surface area contributed by atoms with Gasteiger partial charge in [-0.05, 0) is 54.8 Å². The summed E-state index contributed by atoms with van der Waals surface area (Å²) in [7, 11) is 0. The van der Waals surface area contributed by atoms with E-state index in [1.807, 2.05) is 0 Å². The van der Waals surface area contributed by atoms with Crippen molar-refractivity contribution in [2.45, 2.75) is 31.7 Å². The van der Waals surface area contributed by atoms with Gasteiger partial charge >= 0.3 is 5.97 Å². The van der Waals surface area contributed by atoms with Crippen LogP contribution in [0.25, 0.3) is 22.4 Å². The van der Waals surface area contributed by atoms with Gasteiger partial charge in [-0.1, -0.05) is 35.9 Å². The van der Waals surface area contributed by atoms with Gasteiger partial charge in [0, 0.05) is 23.0 Å². The number of rotatable bonds is 7. The number of carboxylic acids is 1. The van der Waals surface area contributed by atoms with Crippen molar-refractivity contribution in [1.29, 1.82) is 0 Å². The Balaban J connectivity index is 1.41. The highest BCUT2D eigenvalue weighted by molar-refractivity contribution is 6.31. The Morgan fingerprint density at radius 3 is 2.68 bits per heavy atom. The number of carbonyl (C=O) groups is 2. The fourth-order valence-corrected chi connectivity index (χ4v) is 5.32. The van der Waals surface area contributed by atoms with Crippen molar-refractivity contribution in [3.05, 3.63) is 94.0 Å². The van der Waals surface area contributed by atoms with Crippen molar-refractivity contribution in [2.75, 3.05) is 11.1 Å². The summed E-state index contributed by atoms with van der Waals surface area (Å²) in [5.74, 6) is -1.11. The molecule has 206 valence electrons. The Hall–Kier alpha value is -4.90. The van der Waals surface area contributed by atoms with E-state index in [9.17, 15) is 14.0 Å². The zero-order chi connectivity index (χ0) is 28.9. The Bertz CT molecular complexity index is 1860. The van der Waals surface area contributed by atoms with Crippen molar-refractivity contribution >= 4 is 46.0 Å². The summed E-state index contributed by atoms with van der Waals surface area (Å²) in [5, 5.41) is 17.6. The highest BCUT2D eigenvalue weighted by Gasteiger charge is 2.47. The molecule has 4 N–H and O–H groups in total. The molecule has 6 rings (SSSR count). The molecule has 41 heavy (non-hydrogen) atoms. The number of aryl methyl sites for hydroxylation is 1. The molecule has 10 nitrogen and oxygen atoms in total. The molecule has 12 heteroatoms. The van der Waals surface area contributed by atoms with Crippen LogP contribution in [0, 0.1) is 5.82 Å². The molecule has 1 atom stereocenters. The van der Waals surface area contributed by atoms with Crippen LogP contribution in [-0.2, 0) is 28.0 Å². The second kappa shape index (κ2) is 9.93. The zero-order valence-electron chi connectivity index (χ0n) is 21.7. The van der Waals surface area contributed by atoms with Gasteiger partial charge in [0.1, 0.15) is 28.6 Å². The Kier molecular flexibility index (Phi) is 6.38. The van der Waals surface area contributed by atoms with Crippen LogP contribution in [0.15, 0.2) is 60.8 Å². The van der Waals surface area contributed by atoms with Gasteiger partial charge in [-0.25, -0.2) is 14.4 Å². The van der Waals surface area contributed by atoms with Gasteiger partial charge in [0.2, 0.25) is 5.91 Å². The standard InChI is InChI=1S/C29H23ClFN7O3/c1-29(16-7-4-15(5-8-16)6-11-22(39)40)23-25(32)34-27(35-26(23)36-28(29)41)24-18-10-9-17(30)13-21(18)38(37-24)14-20-19(31)3-2-12-33-20/h2-5,7-10,12-13H,6,11,14H2,1H3,(H,39,40)(H3,32,34,35,36,41)/t29-/m1/s1. The number of carbonyl (C=O) groups excluding carboxylic acids is 1. The normalized spacial score (nSPS) is 16.1. The molecule has 1 amide bonds. The van der Waals surface area contributed by atoms with Crippen molar-refractivity contribution in [2.24, 2.45) is 0 Å². The summed E-state index contributed by atoms with van der Waals surface area (Å²) in [5.41, 5.74) is 8.47. The number of halogens is 2. The Morgan fingerprint density at radius 2 is 1.95 bits per heavy atom. The number of aliphatic carboxylic acids is 1. The third-order valence-electron chi connectivity index (χ3n) is 7.34. The minimum Gasteiger partial charge on any atom is -0.481 e. The van der Waals surface area contributed by atoms with Gasteiger partial charge in [-0.2, -0.15) is 5.10 Å². The molecule has 3 aromatic heterocycles. The number of hydrogen-bond donors (Lipinski definition) is 3. The number of nitrogen functional groups attached to an aromatic ring is 1. The molecule has 1 aliphatic rings. The first kappa shape index (κ1) is 26.3. The van der Waals surface area contributed by atoms with Crippen molar-refractivity contribution in [1.82, 2.24) is 24.7 Å². The van der Waals surface area contributed by atoms with Crippen molar-refractivity contribution in [3.63, 3.8) is 0 Å². The van der Waals surface area contributed by atoms with Crippen LogP contribution < -0.4 is 11.1 Å². The Labute approximate surface area is 238 Å². The van der Waals surface area contributed by atoms with E-state index in [-0.39, 0.29) is 42.0 Å². The van der Waals surface area contributed by atoms with E-state index in [1.54, 1.807) is 54.1 Å². The van der Waals surface area contributed by atoms with Crippen molar-refractivity contribution in [3.8, 4) is 11.5 Å². The van der Waals surface area contributed by atoms with Crippen LogP contribution in [0.4, 0.5) is 16.0 Å². The molecule has 0 aliphatic carbocycles. The molecule has 5 aromatic rings. The number of nitrogens with one attached hydrogen (secondary N) is 1. The molecule has 4 heterocycles. The molecule has 2 aromatic carbocycles. The van der Waals surface area contributed by atoms with Gasteiger partial charge in [0.25, 0.3) is 0 Å². The number of fused-ring (bicyclic) bond motifs is 2. The molecule has 0 unspecified atom stereocenters. The minimum absolute atomic E-state index is 0.0109. The predicted octanol–water partition coefficient (Wildman–Crippen LogP) is 4.59. The number of pyridine rings is 1. The first-order valence-electron chi connectivity index (χ1n) is 12.7. The third kappa shape index (κ3) is 4.53. The predicted molar refractivity (Wildman–Crippen MR) is 151 cm³/mol. The van der Waals surface area contributed by atoms with E-state index in [4.69, 9.17) is 22.4 Å². The largest absolute Gasteiger partial charge is 0.481 e. The van der Waals surface area contributed by atoms with Crippen LogP contribution >= 0.6 is 11.6 Å². The highest BCUT2D eigenvalue weighted by atomic mass is 35.5. The number of nitrogens with zero attached hydrogens (tertiary/aromatic N) is 5. The second-order valence-electron chi connectivity index (χ2n) is 9.93. The molecule has 0 bridgehead atoms. The van der Waals surface area contributed by atoms with Gasteiger partial charge in [-0.3, -0.25) is 19.3 Å². The molecule has 0 radical (unpaired) electrons. The molecule has 1 aliphatic heterocycles. The lowest BCUT2D eigenvalue weighted by molar-refractivity contribution is -0.137. The summed E-state index contributed by atoms with van der Waals surface area (Å²) in [4.78, 5) is 37.6. The number of amides is 1. The molecule has 0 saturated carbocycles. The lowest BCUT2D eigenvalue weighted by atomic mass is 9.77. The van der Waals surface area contributed by atoms with E-state index in [2.05, 4.69) is 25.4 Å². The molecule has 0 saturated heterocycles. The lowest BCUT2D eigenvalue weighted by Gasteiger charge is -2.23. The Morgan fingerprint density at radius 1 is 1.17 bits per heavy atom. The van der Waals surface area contributed by atoms with Gasteiger partial charge in [0.15, 0.2) is 5.82 Å². The van der Waals surface area contributed by atoms with Crippen LogP contribution in [0.1, 0.15) is 35.7 Å². The SMILES string of the molecule is C[C@]1(c2ccc(CCC(=O)O)cc2)C(=O)Nc2nc(-c3nn(Cc4ncccc4F)c4cc(Cl)ccc34)nc(N)c21. The number of anilines is 2. The van der Waals surface area contributed by atoms with E-state index in [1.165, 1.54) is 18.3 Å². The minimum atomic E-state index is -1.17. The van der Waals surface area contributed by atoms with Crippen LogP contribution in [0.5, 0.6) is 0 Å². The maximum atomic E-state index is 14.4. The average Bonchev–Trinajstić information content (AvgIpc) is 3.43. The molecule has 0 spiro atoms. The first-order chi connectivity index (χ1) is 19.6. The number of benzene rings is 2. The third-order valence-corrected chi connectivity index (χ3v) is 7.58. The average molecular weight is 572 g/mol. The summed E-state index contributed by atoms with van der Waals surface area (Å²) in [6, 6.07) is 15.2. The van der Waals surface area contributed by atoms with E-state index >= 15 is 0 Å². The molecular weight excluding hydrogens is 549 g/mol. The van der Waals surface area contributed by atoms with Crippen LogP contribution in [-0.4, -0.2) is 41.7 Å². The van der Waals surface area contributed by atoms with E-state index in [0.717, 1.165) is 5.56 Å². The molecular formula is C29H23ClFN7O3. The zero-order valence-corrected chi connectivity index (χ0v) is 22.5. The summed E-state index contributed by atoms with van der Waals surface area (Å²) in [6.07, 6.45) is 1.89. The highest BCUT2D eigenvalue weighted by Crippen LogP contribution is 2.45. The summed E-state index contributed by atoms with van der Waals surface area (Å²) >= 11 is 6.27. The smallest absolute Gasteiger partial charge is 0.303 e. The van der Waals surface area contributed by atoms with Crippen LogP contribution in [0.3, 0.4) is 0 Å². The summed E-state index contributed by atoms with van der Waals surface area (Å²) in [6.45, 7) is 1.79. The van der Waals surface area contributed by atoms with E-state index in [0.29, 0.717) is 39.2 Å². The monoisotopic (exact) mass is 571 g/mol. The van der Waals surface area contributed by atoms with Gasteiger partial charge < -0.3 is 16.2 Å². The topological polar surface area (TPSA) is 149 Å². The number of nitrogens with two attached hydrogens (primary N) is 1. The second-order valence-corrected chi connectivity index (χ2v) is 10.4. The van der Waals surface area contributed by atoms with Gasteiger partial charge in [-0.15, -0.1) is 0 Å². The number of aromatic nitrogens is 5. The maximum Gasteiger partial charge on any atom is 0.303 e. The summed E-state index contributed by atoms with van der Waals surface area (Å²) < 4.78 is 16.0. The fourth-order valence-electron chi connectivity index (χ4n) is 5.15.